The van der Waals surface area contributed by atoms with E-state index in [1.807, 2.05) is 126 Å². The molecule has 1 N–H and O–H groups in total. The number of pyridine rings is 1. The molecule has 5 aromatic rings. The van der Waals surface area contributed by atoms with Crippen LogP contribution in [-0.2, 0) is 25.4 Å². The molecule has 9 heteroatoms. The Balaban J connectivity index is 1.46. The first-order valence-electron chi connectivity index (χ1n) is 18.3. The monoisotopic (exact) mass is 715 g/mol. The van der Waals surface area contributed by atoms with Gasteiger partial charge in [0.15, 0.2) is 6.29 Å². The van der Waals surface area contributed by atoms with Crippen LogP contribution >= 0.6 is 0 Å². The molecule has 0 saturated heterocycles. The molecule has 0 bridgehead atoms. The first-order valence-corrected chi connectivity index (χ1v) is 18.3. The van der Waals surface area contributed by atoms with Crippen molar-refractivity contribution < 1.29 is 28.5 Å². The minimum Gasteiger partial charge on any atom is -0.488 e. The second-order valence-electron chi connectivity index (χ2n) is 14.1. The topological polar surface area (TPSA) is 99.2 Å². The highest BCUT2D eigenvalue weighted by Crippen LogP contribution is 2.47. The van der Waals surface area contributed by atoms with Crippen molar-refractivity contribution in [3.8, 4) is 16.9 Å². The van der Waals surface area contributed by atoms with Gasteiger partial charge in [0.2, 0.25) is 5.91 Å². The molecule has 2 atom stereocenters. The minimum absolute atomic E-state index is 0.207. The van der Waals surface area contributed by atoms with Crippen LogP contribution in [0.2, 0.25) is 0 Å². The fourth-order valence-corrected chi connectivity index (χ4v) is 7.22. The maximum absolute atomic E-state index is 15.2. The Morgan fingerprint density at radius 3 is 2.04 bits per heavy atom. The van der Waals surface area contributed by atoms with Crippen LogP contribution in [0.5, 0.6) is 5.75 Å². The van der Waals surface area contributed by atoms with E-state index in [0.29, 0.717) is 25.4 Å². The first-order chi connectivity index (χ1) is 25.6. The summed E-state index contributed by atoms with van der Waals surface area (Å²) in [5, 5.41) is 4.30. The lowest BCUT2D eigenvalue weighted by atomic mass is 9.96. The van der Waals surface area contributed by atoms with Crippen LogP contribution in [0.4, 0.5) is 4.79 Å². The number of aromatic nitrogens is 1. The van der Waals surface area contributed by atoms with Crippen molar-refractivity contribution in [3.63, 3.8) is 0 Å². The Labute approximate surface area is 312 Å². The standard InChI is InChI=1S/C44H49N3O6/c1-7-51-39(52-8-2)28-37(36-21-13-15-30-16-14-26-45-40(30)36)46-42(48)38(27-29-22-24-31(25-23-29)53-44(3,4)5)47(43(49)50-6)41-34-19-11-9-17-32(34)33-18-10-12-20-35(33)41/h9-26,37-39,41H,7-8,27-28H2,1-6H3,(H,46,48)/t37?,38-/m0/s1. The molecule has 0 radical (unpaired) electrons. The lowest BCUT2D eigenvalue weighted by molar-refractivity contribution is -0.145. The van der Waals surface area contributed by atoms with Gasteiger partial charge in [-0.1, -0.05) is 84.9 Å². The van der Waals surface area contributed by atoms with E-state index in [4.69, 9.17) is 23.9 Å². The predicted molar refractivity (Wildman–Crippen MR) is 207 cm³/mol. The summed E-state index contributed by atoms with van der Waals surface area (Å²) in [5.74, 6) is 0.365. The number of ether oxygens (including phenoxy) is 4. The van der Waals surface area contributed by atoms with Gasteiger partial charge in [-0.15, -0.1) is 0 Å². The number of nitrogens with one attached hydrogen (secondary N) is 1. The summed E-state index contributed by atoms with van der Waals surface area (Å²) >= 11 is 0. The second kappa shape index (κ2) is 16.6. The van der Waals surface area contributed by atoms with Crippen LogP contribution < -0.4 is 10.1 Å². The van der Waals surface area contributed by atoms with E-state index in [1.165, 1.54) is 7.11 Å². The van der Waals surface area contributed by atoms with Crippen molar-refractivity contribution in [2.24, 2.45) is 0 Å². The Morgan fingerprint density at radius 1 is 0.811 bits per heavy atom. The molecular weight excluding hydrogens is 666 g/mol. The molecule has 276 valence electrons. The summed E-state index contributed by atoms with van der Waals surface area (Å²) < 4.78 is 23.6. The molecular formula is C44H49N3O6. The van der Waals surface area contributed by atoms with Crippen molar-refractivity contribution in [3.05, 3.63) is 132 Å². The molecule has 2 amide bonds. The average molecular weight is 716 g/mol. The van der Waals surface area contributed by atoms with E-state index in [2.05, 4.69) is 17.4 Å². The smallest absolute Gasteiger partial charge is 0.410 e. The number of amides is 2. The van der Waals surface area contributed by atoms with E-state index in [1.54, 1.807) is 11.1 Å². The van der Waals surface area contributed by atoms with Crippen molar-refractivity contribution in [2.75, 3.05) is 20.3 Å². The highest BCUT2D eigenvalue weighted by molar-refractivity contribution is 5.89. The van der Waals surface area contributed by atoms with Gasteiger partial charge in [-0.2, -0.15) is 0 Å². The highest BCUT2D eigenvalue weighted by atomic mass is 16.7. The Bertz CT molecular complexity index is 1970. The number of methoxy groups -OCH3 is 1. The Kier molecular flexibility index (Phi) is 11.8. The second-order valence-corrected chi connectivity index (χ2v) is 14.1. The third-order valence-corrected chi connectivity index (χ3v) is 9.37. The zero-order valence-corrected chi connectivity index (χ0v) is 31.4. The molecule has 1 unspecified atom stereocenters. The molecule has 0 fully saturated rings. The van der Waals surface area contributed by atoms with E-state index in [0.717, 1.165) is 44.3 Å². The summed E-state index contributed by atoms with van der Waals surface area (Å²) in [6, 6.07) is 31.4. The maximum atomic E-state index is 15.2. The molecule has 9 nitrogen and oxygen atoms in total. The molecule has 1 aliphatic rings. The molecule has 0 spiro atoms. The fraction of sp³-hybridized carbons (Fsp3) is 0.341. The molecule has 1 aromatic heterocycles. The number of rotatable bonds is 14. The molecule has 1 aliphatic carbocycles. The minimum atomic E-state index is -0.996. The SMILES string of the molecule is CCOC(CC(NC(=O)[C@H](Cc1ccc(OC(C)(C)C)cc1)N(C(=O)OC)C1c2ccccc2-c2ccccc21)c1cccc2cccnc12)OCC. The van der Waals surface area contributed by atoms with Gasteiger partial charge in [-0.05, 0) is 80.6 Å². The summed E-state index contributed by atoms with van der Waals surface area (Å²) in [7, 11) is 1.36. The maximum Gasteiger partial charge on any atom is 0.410 e. The number of carbonyl (C=O) groups is 2. The van der Waals surface area contributed by atoms with E-state index < -0.39 is 30.5 Å². The molecule has 0 aliphatic heterocycles. The van der Waals surface area contributed by atoms with Crippen LogP contribution in [0.3, 0.4) is 0 Å². The Morgan fingerprint density at radius 2 is 1.43 bits per heavy atom. The number of fused-ring (bicyclic) bond motifs is 4. The quantitative estimate of drug-likeness (QED) is 0.115. The van der Waals surface area contributed by atoms with E-state index in [-0.39, 0.29) is 17.9 Å². The zero-order valence-electron chi connectivity index (χ0n) is 31.4. The average Bonchev–Trinajstić information content (AvgIpc) is 3.48. The molecule has 53 heavy (non-hydrogen) atoms. The van der Waals surface area contributed by atoms with Crippen LogP contribution in [0.1, 0.15) is 75.4 Å². The number of hydrogen-bond acceptors (Lipinski definition) is 7. The van der Waals surface area contributed by atoms with Crippen molar-refractivity contribution in [1.82, 2.24) is 15.2 Å². The van der Waals surface area contributed by atoms with Gasteiger partial charge in [0.05, 0.1) is 24.7 Å². The number of carbonyl (C=O) groups excluding carboxylic acids is 2. The van der Waals surface area contributed by atoms with Crippen LogP contribution in [-0.4, -0.2) is 60.1 Å². The van der Waals surface area contributed by atoms with Gasteiger partial charge >= 0.3 is 6.09 Å². The van der Waals surface area contributed by atoms with E-state index in [9.17, 15) is 4.79 Å². The lowest BCUT2D eigenvalue weighted by Crippen LogP contribution is -2.53. The van der Waals surface area contributed by atoms with E-state index >= 15 is 4.79 Å². The normalized spacial score (nSPS) is 13.6. The van der Waals surface area contributed by atoms with Gasteiger partial charge in [0.1, 0.15) is 17.4 Å². The molecule has 6 rings (SSSR count). The number of para-hydroxylation sites is 1. The fourth-order valence-electron chi connectivity index (χ4n) is 7.22. The largest absolute Gasteiger partial charge is 0.488 e. The highest BCUT2D eigenvalue weighted by Gasteiger charge is 2.43. The lowest BCUT2D eigenvalue weighted by Gasteiger charge is -2.37. The van der Waals surface area contributed by atoms with Crippen LogP contribution in [0.25, 0.3) is 22.0 Å². The molecule has 4 aromatic carbocycles. The third-order valence-electron chi connectivity index (χ3n) is 9.37. The zero-order chi connectivity index (χ0) is 37.5. The van der Waals surface area contributed by atoms with Gasteiger partial charge in [-0.3, -0.25) is 14.7 Å². The predicted octanol–water partition coefficient (Wildman–Crippen LogP) is 8.81. The number of nitrogens with zero attached hydrogens (tertiary/aromatic N) is 2. The number of hydrogen-bond donors (Lipinski definition) is 1. The third kappa shape index (κ3) is 8.53. The molecule has 1 heterocycles. The summed E-state index contributed by atoms with van der Waals surface area (Å²) in [4.78, 5) is 35.7. The van der Waals surface area contributed by atoms with Crippen LogP contribution in [0.15, 0.2) is 109 Å². The molecule has 0 saturated carbocycles. The van der Waals surface area contributed by atoms with Gasteiger partial charge in [-0.25, -0.2) is 4.79 Å². The summed E-state index contributed by atoms with van der Waals surface area (Å²) in [5.41, 5.74) is 5.94. The Hall–Kier alpha value is -5.25. The van der Waals surface area contributed by atoms with Gasteiger partial charge < -0.3 is 24.3 Å². The van der Waals surface area contributed by atoms with Gasteiger partial charge in [0, 0.05) is 43.2 Å². The summed E-state index contributed by atoms with van der Waals surface area (Å²) in [6.07, 6.45) is 1.07. The van der Waals surface area contributed by atoms with Gasteiger partial charge in [0.25, 0.3) is 0 Å². The first kappa shape index (κ1) is 37.5. The van der Waals surface area contributed by atoms with Crippen molar-refractivity contribution in [1.29, 1.82) is 0 Å². The van der Waals surface area contributed by atoms with Crippen LogP contribution in [0, 0.1) is 0 Å². The summed E-state index contributed by atoms with van der Waals surface area (Å²) in [6.45, 7) is 10.7. The number of benzene rings is 4. The van der Waals surface area contributed by atoms with Crippen molar-refractivity contribution in [2.45, 2.75) is 77.5 Å². The van der Waals surface area contributed by atoms with Crippen molar-refractivity contribution >= 4 is 22.9 Å².